The number of rotatable bonds is 2. The molecule has 0 spiro atoms. The highest BCUT2D eigenvalue weighted by Gasteiger charge is 2.29. The van der Waals surface area contributed by atoms with E-state index >= 15 is 0 Å². The lowest BCUT2D eigenvalue weighted by Crippen LogP contribution is -2.25. The SMILES string of the molecule is C/C(=C\C1=N[C@@H](C(C)(C)C)CO1)C(=O)O. The van der Waals surface area contributed by atoms with Gasteiger partial charge < -0.3 is 9.84 Å². The largest absolute Gasteiger partial charge is 0.478 e. The predicted molar refractivity (Wildman–Crippen MR) is 58.0 cm³/mol. The van der Waals surface area contributed by atoms with Crippen LogP contribution >= 0.6 is 0 Å². The van der Waals surface area contributed by atoms with Crippen LogP contribution in [0, 0.1) is 5.41 Å². The fourth-order valence-corrected chi connectivity index (χ4v) is 1.16. The Morgan fingerprint density at radius 1 is 1.60 bits per heavy atom. The van der Waals surface area contributed by atoms with Crippen LogP contribution in [-0.2, 0) is 9.53 Å². The van der Waals surface area contributed by atoms with Gasteiger partial charge in [0, 0.05) is 11.6 Å². The van der Waals surface area contributed by atoms with Gasteiger partial charge in [-0.1, -0.05) is 20.8 Å². The van der Waals surface area contributed by atoms with E-state index < -0.39 is 5.97 Å². The molecule has 0 bridgehead atoms. The van der Waals surface area contributed by atoms with E-state index in [2.05, 4.69) is 25.8 Å². The Bertz CT molecular complexity index is 323. The van der Waals surface area contributed by atoms with Crippen molar-refractivity contribution >= 4 is 11.9 Å². The highest BCUT2D eigenvalue weighted by atomic mass is 16.5. The number of ether oxygens (including phenoxy) is 1. The van der Waals surface area contributed by atoms with Crippen molar-refractivity contribution in [3.05, 3.63) is 11.6 Å². The molecule has 84 valence electrons. The maximum Gasteiger partial charge on any atom is 0.331 e. The number of hydrogen-bond donors (Lipinski definition) is 1. The normalized spacial score (nSPS) is 22.3. The number of hydrogen-bond acceptors (Lipinski definition) is 3. The second-order valence-corrected chi connectivity index (χ2v) is 4.79. The van der Waals surface area contributed by atoms with Crippen LogP contribution in [0.4, 0.5) is 0 Å². The summed E-state index contributed by atoms with van der Waals surface area (Å²) in [7, 11) is 0. The first-order chi connectivity index (χ1) is 6.80. The van der Waals surface area contributed by atoms with Gasteiger partial charge in [0.05, 0.1) is 6.04 Å². The lowest BCUT2D eigenvalue weighted by Gasteiger charge is -2.21. The maximum atomic E-state index is 10.6. The third-order valence-electron chi connectivity index (χ3n) is 2.35. The molecule has 0 fully saturated rings. The fraction of sp³-hybridized carbons (Fsp3) is 0.636. The third-order valence-corrected chi connectivity index (χ3v) is 2.35. The number of aliphatic imine (C=N–C) groups is 1. The number of carboxylic acids is 1. The number of nitrogens with zero attached hydrogens (tertiary/aromatic N) is 1. The molecule has 1 aliphatic rings. The minimum atomic E-state index is -0.944. The summed E-state index contributed by atoms with van der Waals surface area (Å²) in [6.07, 6.45) is 1.47. The molecule has 1 atom stereocenters. The zero-order chi connectivity index (χ0) is 11.6. The molecule has 4 nitrogen and oxygen atoms in total. The molecule has 1 aliphatic heterocycles. The van der Waals surface area contributed by atoms with Gasteiger partial charge in [-0.15, -0.1) is 0 Å². The van der Waals surface area contributed by atoms with E-state index in [0.717, 1.165) is 0 Å². The van der Waals surface area contributed by atoms with Crippen molar-refractivity contribution in [1.29, 1.82) is 0 Å². The molecule has 0 unspecified atom stereocenters. The van der Waals surface area contributed by atoms with Crippen LogP contribution in [0.2, 0.25) is 0 Å². The monoisotopic (exact) mass is 211 g/mol. The van der Waals surface area contributed by atoms with E-state index in [1.165, 1.54) is 13.0 Å². The molecular weight excluding hydrogens is 194 g/mol. The average molecular weight is 211 g/mol. The van der Waals surface area contributed by atoms with Crippen molar-refractivity contribution in [2.75, 3.05) is 6.61 Å². The maximum absolute atomic E-state index is 10.6. The summed E-state index contributed by atoms with van der Waals surface area (Å²) < 4.78 is 5.32. The van der Waals surface area contributed by atoms with Gasteiger partial charge in [0.2, 0.25) is 5.90 Å². The van der Waals surface area contributed by atoms with Crippen LogP contribution < -0.4 is 0 Å². The zero-order valence-electron chi connectivity index (χ0n) is 9.57. The lowest BCUT2D eigenvalue weighted by atomic mass is 9.88. The van der Waals surface area contributed by atoms with Gasteiger partial charge in [0.15, 0.2) is 0 Å². The zero-order valence-corrected chi connectivity index (χ0v) is 9.57. The van der Waals surface area contributed by atoms with Gasteiger partial charge in [-0.2, -0.15) is 0 Å². The van der Waals surface area contributed by atoms with Crippen LogP contribution in [0.1, 0.15) is 27.7 Å². The Kier molecular flexibility index (Phi) is 3.17. The van der Waals surface area contributed by atoms with Crippen molar-refractivity contribution in [2.45, 2.75) is 33.7 Å². The van der Waals surface area contributed by atoms with Gasteiger partial charge in [0.1, 0.15) is 6.61 Å². The Balaban J connectivity index is 2.76. The fourth-order valence-electron chi connectivity index (χ4n) is 1.16. The Hall–Kier alpha value is -1.32. The van der Waals surface area contributed by atoms with Crippen molar-refractivity contribution in [1.82, 2.24) is 0 Å². The number of aliphatic carboxylic acids is 1. The highest BCUT2D eigenvalue weighted by molar-refractivity contribution is 5.97. The standard InChI is InChI=1S/C11H17NO3/c1-7(10(13)14)5-9-12-8(6-15-9)11(2,3)4/h5,8H,6H2,1-4H3,(H,13,14)/b7-5+/t8-/m1/s1. The number of carboxylic acid groups (broad SMARTS) is 1. The predicted octanol–water partition coefficient (Wildman–Crippen LogP) is 1.86. The molecule has 0 saturated heterocycles. The van der Waals surface area contributed by atoms with E-state index in [1.54, 1.807) is 0 Å². The van der Waals surface area contributed by atoms with Crippen LogP contribution in [0.25, 0.3) is 0 Å². The first-order valence-corrected chi connectivity index (χ1v) is 4.93. The van der Waals surface area contributed by atoms with Crippen molar-refractivity contribution in [3.63, 3.8) is 0 Å². The van der Waals surface area contributed by atoms with E-state index in [9.17, 15) is 4.79 Å². The van der Waals surface area contributed by atoms with Crippen LogP contribution in [0.15, 0.2) is 16.6 Å². The molecule has 15 heavy (non-hydrogen) atoms. The molecule has 0 aromatic rings. The summed E-state index contributed by atoms with van der Waals surface area (Å²) in [5.74, 6) is -0.518. The van der Waals surface area contributed by atoms with Gasteiger partial charge in [-0.3, -0.25) is 0 Å². The summed E-state index contributed by atoms with van der Waals surface area (Å²) in [5.41, 5.74) is 0.288. The molecule has 0 aliphatic carbocycles. The Morgan fingerprint density at radius 3 is 2.60 bits per heavy atom. The van der Waals surface area contributed by atoms with Crippen molar-refractivity contribution in [2.24, 2.45) is 10.4 Å². The molecule has 1 N–H and O–H groups in total. The van der Waals surface area contributed by atoms with E-state index in [-0.39, 0.29) is 17.0 Å². The smallest absolute Gasteiger partial charge is 0.331 e. The molecule has 4 heteroatoms. The lowest BCUT2D eigenvalue weighted by molar-refractivity contribution is -0.132. The minimum absolute atomic E-state index is 0.0483. The summed E-state index contributed by atoms with van der Waals surface area (Å²) in [6, 6.07) is 0.102. The molecule has 0 aromatic heterocycles. The van der Waals surface area contributed by atoms with Crippen LogP contribution in [-0.4, -0.2) is 29.6 Å². The van der Waals surface area contributed by atoms with Gasteiger partial charge in [0.25, 0.3) is 0 Å². The summed E-state index contributed by atoms with van der Waals surface area (Å²) in [5, 5.41) is 8.69. The van der Waals surface area contributed by atoms with Crippen LogP contribution in [0.3, 0.4) is 0 Å². The van der Waals surface area contributed by atoms with Gasteiger partial charge in [-0.05, 0) is 12.3 Å². The summed E-state index contributed by atoms with van der Waals surface area (Å²) >= 11 is 0. The van der Waals surface area contributed by atoms with Crippen molar-refractivity contribution in [3.8, 4) is 0 Å². The molecule has 0 radical (unpaired) electrons. The minimum Gasteiger partial charge on any atom is -0.478 e. The van der Waals surface area contributed by atoms with Crippen LogP contribution in [0.5, 0.6) is 0 Å². The summed E-state index contributed by atoms with van der Waals surface area (Å²) in [6.45, 7) is 8.31. The molecule has 0 amide bonds. The second kappa shape index (κ2) is 4.04. The Morgan fingerprint density at radius 2 is 2.20 bits per heavy atom. The first-order valence-electron chi connectivity index (χ1n) is 4.93. The van der Waals surface area contributed by atoms with E-state index in [1.807, 2.05) is 0 Å². The molecule has 1 heterocycles. The molecule has 1 rings (SSSR count). The van der Waals surface area contributed by atoms with E-state index in [4.69, 9.17) is 9.84 Å². The first kappa shape index (κ1) is 11.8. The topological polar surface area (TPSA) is 58.9 Å². The second-order valence-electron chi connectivity index (χ2n) is 4.79. The number of carbonyl (C=O) groups is 1. The summed E-state index contributed by atoms with van der Waals surface area (Å²) in [4.78, 5) is 14.9. The van der Waals surface area contributed by atoms with Gasteiger partial charge >= 0.3 is 5.97 Å². The molecular formula is C11H17NO3. The molecule has 0 saturated carbocycles. The highest BCUT2D eigenvalue weighted by Crippen LogP contribution is 2.26. The van der Waals surface area contributed by atoms with Gasteiger partial charge in [-0.25, -0.2) is 9.79 Å². The van der Waals surface area contributed by atoms with Crippen molar-refractivity contribution < 1.29 is 14.6 Å². The van der Waals surface area contributed by atoms with E-state index in [0.29, 0.717) is 12.5 Å². The Labute approximate surface area is 89.7 Å². The average Bonchev–Trinajstić information content (AvgIpc) is 2.51. The quantitative estimate of drug-likeness (QED) is 0.709. The molecule has 0 aromatic carbocycles. The third kappa shape index (κ3) is 3.08.